The largest absolute Gasteiger partial charge is 0.324 e. The van der Waals surface area contributed by atoms with Gasteiger partial charge in [-0.25, -0.2) is 0 Å². The molecule has 1 unspecified atom stereocenters. The molecule has 0 bridgehead atoms. The molecule has 2 N–H and O–H groups in total. The first-order chi connectivity index (χ1) is 8.88. The number of rotatable bonds is 3. The Morgan fingerprint density at radius 2 is 1.89 bits per heavy atom. The van der Waals surface area contributed by atoms with Crippen molar-refractivity contribution in [2.45, 2.75) is 38.6 Å². The molecule has 0 aliphatic rings. The molecular weight excluding hydrogens is 234 g/mol. The summed E-state index contributed by atoms with van der Waals surface area (Å²) in [6.45, 7) is 6.66. The lowest BCUT2D eigenvalue weighted by molar-refractivity contribution is 0.566. The Kier molecular flexibility index (Phi) is 3.76. The number of nitrogens with zero attached hydrogens (tertiary/aromatic N) is 2. The van der Waals surface area contributed by atoms with Crippen LogP contribution in [0, 0.1) is 0 Å². The van der Waals surface area contributed by atoms with Gasteiger partial charge in [0.05, 0.1) is 5.69 Å². The van der Waals surface area contributed by atoms with Crippen LogP contribution in [0.3, 0.4) is 0 Å². The average Bonchev–Trinajstić information content (AvgIpc) is 2.73. The maximum absolute atomic E-state index is 6.38. The number of nitrogens with two attached hydrogens (primary N) is 1. The highest BCUT2D eigenvalue weighted by molar-refractivity contribution is 5.35. The molecule has 0 spiro atoms. The van der Waals surface area contributed by atoms with Crippen molar-refractivity contribution in [1.29, 1.82) is 0 Å². The molecule has 0 saturated carbocycles. The van der Waals surface area contributed by atoms with E-state index in [4.69, 9.17) is 5.73 Å². The van der Waals surface area contributed by atoms with Gasteiger partial charge in [0.15, 0.2) is 0 Å². The quantitative estimate of drug-likeness (QED) is 0.918. The molecule has 3 nitrogen and oxygen atoms in total. The van der Waals surface area contributed by atoms with Crippen LogP contribution in [0.1, 0.15) is 43.6 Å². The van der Waals surface area contributed by atoms with Crippen molar-refractivity contribution in [3.63, 3.8) is 0 Å². The summed E-state index contributed by atoms with van der Waals surface area (Å²) in [6.07, 6.45) is 2.73. The SMILES string of the molecule is Cn1ccc(CC(N)c2ccccc2C(C)(C)C)n1. The summed E-state index contributed by atoms with van der Waals surface area (Å²) in [6, 6.07) is 10.5. The van der Waals surface area contributed by atoms with Gasteiger partial charge in [-0.05, 0) is 22.6 Å². The minimum Gasteiger partial charge on any atom is -0.324 e. The van der Waals surface area contributed by atoms with Crippen molar-refractivity contribution in [3.8, 4) is 0 Å². The highest BCUT2D eigenvalue weighted by Gasteiger charge is 2.21. The molecule has 0 radical (unpaired) electrons. The predicted molar refractivity (Wildman–Crippen MR) is 79.0 cm³/mol. The topological polar surface area (TPSA) is 43.8 Å². The zero-order chi connectivity index (χ0) is 14.0. The lowest BCUT2D eigenvalue weighted by Gasteiger charge is -2.25. The molecule has 2 rings (SSSR count). The summed E-state index contributed by atoms with van der Waals surface area (Å²) in [7, 11) is 1.93. The molecular formula is C16H23N3. The van der Waals surface area contributed by atoms with Crippen molar-refractivity contribution in [3.05, 3.63) is 53.3 Å². The fourth-order valence-electron chi connectivity index (χ4n) is 2.41. The van der Waals surface area contributed by atoms with Crippen LogP contribution in [0.25, 0.3) is 0 Å². The smallest absolute Gasteiger partial charge is 0.0643 e. The highest BCUT2D eigenvalue weighted by atomic mass is 15.2. The number of aromatic nitrogens is 2. The van der Waals surface area contributed by atoms with Gasteiger partial charge in [0.1, 0.15) is 0 Å². The second-order valence-electron chi connectivity index (χ2n) is 6.13. The molecule has 1 atom stereocenters. The Bertz CT molecular complexity index is 549. The Morgan fingerprint density at radius 3 is 2.47 bits per heavy atom. The van der Waals surface area contributed by atoms with Crippen molar-refractivity contribution in [1.82, 2.24) is 9.78 Å². The Morgan fingerprint density at radius 1 is 1.21 bits per heavy atom. The minimum absolute atomic E-state index is 0.00896. The van der Waals surface area contributed by atoms with Gasteiger partial charge in [-0.15, -0.1) is 0 Å². The third-order valence-corrected chi connectivity index (χ3v) is 3.37. The molecule has 102 valence electrons. The standard InChI is InChI=1S/C16H23N3/c1-16(2,3)14-8-6-5-7-13(14)15(17)11-12-9-10-19(4)18-12/h5-10,15H,11,17H2,1-4H3. The van der Waals surface area contributed by atoms with E-state index in [0.29, 0.717) is 0 Å². The Balaban J connectivity index is 2.26. The summed E-state index contributed by atoms with van der Waals surface area (Å²) < 4.78 is 1.82. The van der Waals surface area contributed by atoms with E-state index in [1.165, 1.54) is 11.1 Å². The molecule has 3 heteroatoms. The third kappa shape index (κ3) is 3.24. The van der Waals surface area contributed by atoms with Crippen LogP contribution >= 0.6 is 0 Å². The van der Waals surface area contributed by atoms with Crippen LogP contribution in [-0.4, -0.2) is 9.78 Å². The number of hydrogen-bond acceptors (Lipinski definition) is 2. The van der Waals surface area contributed by atoms with Crippen molar-refractivity contribution in [2.24, 2.45) is 12.8 Å². The lowest BCUT2D eigenvalue weighted by atomic mass is 9.81. The molecule has 1 aromatic heterocycles. The zero-order valence-electron chi connectivity index (χ0n) is 12.2. The van der Waals surface area contributed by atoms with E-state index in [9.17, 15) is 0 Å². The summed E-state index contributed by atoms with van der Waals surface area (Å²) in [5.41, 5.74) is 10.1. The van der Waals surface area contributed by atoms with Crippen LogP contribution in [0.2, 0.25) is 0 Å². The molecule has 0 fully saturated rings. The number of aryl methyl sites for hydroxylation is 1. The average molecular weight is 257 g/mol. The first-order valence-electron chi connectivity index (χ1n) is 6.71. The maximum Gasteiger partial charge on any atom is 0.0643 e. The highest BCUT2D eigenvalue weighted by Crippen LogP contribution is 2.29. The van der Waals surface area contributed by atoms with Crippen molar-refractivity contribution >= 4 is 0 Å². The second-order valence-corrected chi connectivity index (χ2v) is 6.13. The maximum atomic E-state index is 6.38. The molecule has 1 heterocycles. The Labute approximate surface area is 115 Å². The normalized spacial score (nSPS) is 13.5. The molecule has 2 aromatic rings. The molecule has 19 heavy (non-hydrogen) atoms. The van der Waals surface area contributed by atoms with Crippen LogP contribution < -0.4 is 5.73 Å². The van der Waals surface area contributed by atoms with E-state index in [2.05, 4.69) is 50.1 Å². The summed E-state index contributed by atoms with van der Waals surface area (Å²) in [4.78, 5) is 0. The molecule has 1 aromatic carbocycles. The fraction of sp³-hybridized carbons (Fsp3) is 0.438. The van der Waals surface area contributed by atoms with E-state index in [1.54, 1.807) is 0 Å². The van der Waals surface area contributed by atoms with E-state index < -0.39 is 0 Å². The molecule has 0 aliphatic carbocycles. The Hall–Kier alpha value is -1.61. The third-order valence-electron chi connectivity index (χ3n) is 3.37. The molecule has 0 saturated heterocycles. The van der Waals surface area contributed by atoms with Gasteiger partial charge in [0.25, 0.3) is 0 Å². The van der Waals surface area contributed by atoms with E-state index in [1.807, 2.05) is 24.0 Å². The van der Waals surface area contributed by atoms with Gasteiger partial charge in [0.2, 0.25) is 0 Å². The second kappa shape index (κ2) is 5.17. The van der Waals surface area contributed by atoms with Gasteiger partial charge in [-0.3, -0.25) is 4.68 Å². The summed E-state index contributed by atoms with van der Waals surface area (Å²) in [5.74, 6) is 0. The van der Waals surface area contributed by atoms with Crippen molar-refractivity contribution in [2.75, 3.05) is 0 Å². The fourth-order valence-corrected chi connectivity index (χ4v) is 2.41. The molecule has 0 aliphatic heterocycles. The van der Waals surface area contributed by atoms with Crippen LogP contribution in [-0.2, 0) is 18.9 Å². The first-order valence-corrected chi connectivity index (χ1v) is 6.71. The van der Waals surface area contributed by atoms with E-state index in [-0.39, 0.29) is 11.5 Å². The first kappa shape index (κ1) is 13.8. The van der Waals surface area contributed by atoms with E-state index in [0.717, 1.165) is 12.1 Å². The summed E-state index contributed by atoms with van der Waals surface area (Å²) >= 11 is 0. The lowest BCUT2D eigenvalue weighted by Crippen LogP contribution is -2.21. The zero-order valence-corrected chi connectivity index (χ0v) is 12.2. The number of hydrogen-bond donors (Lipinski definition) is 1. The van der Waals surface area contributed by atoms with Gasteiger partial charge >= 0.3 is 0 Å². The number of benzene rings is 1. The van der Waals surface area contributed by atoms with Crippen LogP contribution in [0.5, 0.6) is 0 Å². The summed E-state index contributed by atoms with van der Waals surface area (Å²) in [5, 5.41) is 4.40. The monoisotopic (exact) mass is 257 g/mol. The van der Waals surface area contributed by atoms with Crippen molar-refractivity contribution < 1.29 is 0 Å². The van der Waals surface area contributed by atoms with Gasteiger partial charge in [0, 0.05) is 25.7 Å². The van der Waals surface area contributed by atoms with Gasteiger partial charge in [-0.1, -0.05) is 45.0 Å². The van der Waals surface area contributed by atoms with Gasteiger partial charge < -0.3 is 5.73 Å². The minimum atomic E-state index is -0.00896. The van der Waals surface area contributed by atoms with Crippen LogP contribution in [0.4, 0.5) is 0 Å². The predicted octanol–water partition coefficient (Wildman–Crippen LogP) is 2.96. The van der Waals surface area contributed by atoms with Crippen LogP contribution in [0.15, 0.2) is 36.5 Å². The van der Waals surface area contributed by atoms with E-state index >= 15 is 0 Å². The van der Waals surface area contributed by atoms with Gasteiger partial charge in [-0.2, -0.15) is 5.10 Å². The molecule has 0 amide bonds.